The Hall–Kier alpha value is -2.07. The summed E-state index contributed by atoms with van der Waals surface area (Å²) in [6.07, 6.45) is 0.570. The van der Waals surface area contributed by atoms with Crippen molar-refractivity contribution in [2.75, 3.05) is 18.5 Å². The van der Waals surface area contributed by atoms with Crippen LogP contribution in [-0.4, -0.2) is 27.4 Å². The first kappa shape index (κ1) is 16.0. The Bertz CT molecular complexity index is 649. The van der Waals surface area contributed by atoms with Gasteiger partial charge in [0.05, 0.1) is 0 Å². The Labute approximate surface area is 117 Å². The molecule has 0 unspecified atom stereocenters. The molecule has 7 heteroatoms. The molecule has 0 atom stereocenters. The van der Waals surface area contributed by atoms with Gasteiger partial charge in [0.2, 0.25) is 0 Å². The first-order valence-electron chi connectivity index (χ1n) is 6.30. The van der Waals surface area contributed by atoms with Gasteiger partial charge in [0.15, 0.2) is 5.56 Å². The third kappa shape index (κ3) is 3.08. The maximum absolute atomic E-state index is 11.9. The summed E-state index contributed by atoms with van der Waals surface area (Å²) < 4.78 is 2.15. The van der Waals surface area contributed by atoms with E-state index >= 15 is 0 Å². The van der Waals surface area contributed by atoms with Crippen LogP contribution in [0.3, 0.4) is 0 Å². The second-order valence-electron chi connectivity index (χ2n) is 5.53. The van der Waals surface area contributed by atoms with Crippen molar-refractivity contribution in [3.8, 4) is 6.07 Å². The normalized spacial score (nSPS) is 11.2. The van der Waals surface area contributed by atoms with Gasteiger partial charge in [0, 0.05) is 27.2 Å². The summed E-state index contributed by atoms with van der Waals surface area (Å²) in [7, 11) is 2.84. The first-order chi connectivity index (χ1) is 9.25. The summed E-state index contributed by atoms with van der Waals surface area (Å²) in [6, 6.07) is 1.84. The summed E-state index contributed by atoms with van der Waals surface area (Å²) in [5.74, 6) is 0.214. The van der Waals surface area contributed by atoms with E-state index in [2.05, 4.69) is 5.32 Å². The quantitative estimate of drug-likeness (QED) is 0.776. The van der Waals surface area contributed by atoms with E-state index in [0.29, 0.717) is 13.0 Å². The second-order valence-corrected chi connectivity index (χ2v) is 5.53. The molecule has 2 N–H and O–H groups in total. The molecule has 1 heterocycles. The molecule has 0 aliphatic rings. The van der Waals surface area contributed by atoms with Gasteiger partial charge < -0.3 is 10.4 Å². The number of nitrogens with zero attached hydrogens (tertiary/aromatic N) is 3. The van der Waals surface area contributed by atoms with Crippen LogP contribution in [0.2, 0.25) is 0 Å². The standard InChI is InChI=1S/C13H20N4O3/c1-13(2,5-6-18)8-15-10-9(7-14)11(19)17(4)12(20)16(10)3/h15,18H,5-6,8H2,1-4H3. The van der Waals surface area contributed by atoms with Gasteiger partial charge in [-0.3, -0.25) is 13.9 Å². The van der Waals surface area contributed by atoms with Crippen molar-refractivity contribution in [2.24, 2.45) is 19.5 Å². The van der Waals surface area contributed by atoms with E-state index < -0.39 is 11.2 Å². The van der Waals surface area contributed by atoms with Gasteiger partial charge in [-0.25, -0.2) is 4.79 Å². The Morgan fingerprint density at radius 2 is 1.90 bits per heavy atom. The van der Waals surface area contributed by atoms with Crippen molar-refractivity contribution in [3.63, 3.8) is 0 Å². The van der Waals surface area contributed by atoms with E-state index in [0.717, 1.165) is 4.57 Å². The van der Waals surface area contributed by atoms with Crippen LogP contribution in [0.25, 0.3) is 0 Å². The fraction of sp³-hybridized carbons (Fsp3) is 0.615. The monoisotopic (exact) mass is 280 g/mol. The van der Waals surface area contributed by atoms with Gasteiger partial charge in [-0.05, 0) is 11.8 Å². The van der Waals surface area contributed by atoms with E-state index in [1.54, 1.807) is 0 Å². The predicted molar refractivity (Wildman–Crippen MR) is 75.6 cm³/mol. The first-order valence-corrected chi connectivity index (χ1v) is 6.30. The number of hydrogen-bond donors (Lipinski definition) is 2. The second kappa shape index (κ2) is 5.92. The van der Waals surface area contributed by atoms with Crippen LogP contribution in [0.4, 0.5) is 5.82 Å². The number of nitriles is 1. The minimum Gasteiger partial charge on any atom is -0.396 e. The molecule has 0 aliphatic heterocycles. The molecule has 0 radical (unpaired) electrons. The van der Waals surface area contributed by atoms with E-state index in [4.69, 9.17) is 10.4 Å². The van der Waals surface area contributed by atoms with Crippen LogP contribution in [-0.2, 0) is 14.1 Å². The fourth-order valence-electron chi connectivity index (χ4n) is 1.87. The number of nitrogens with one attached hydrogen (secondary N) is 1. The molecule has 1 rings (SSSR count). The predicted octanol–water partition coefficient (Wildman–Crippen LogP) is -0.224. The Kier molecular flexibility index (Phi) is 4.73. The summed E-state index contributed by atoms with van der Waals surface area (Å²) in [5, 5.41) is 21.1. The molecule has 0 aromatic carbocycles. The summed E-state index contributed by atoms with van der Waals surface area (Å²) in [5.41, 5.74) is -1.41. The highest BCUT2D eigenvalue weighted by Gasteiger charge is 2.20. The average Bonchev–Trinajstić information content (AvgIpc) is 2.38. The van der Waals surface area contributed by atoms with Crippen LogP contribution in [0.1, 0.15) is 25.8 Å². The molecule has 1 aromatic rings. The lowest BCUT2D eigenvalue weighted by atomic mass is 9.90. The lowest BCUT2D eigenvalue weighted by Crippen LogP contribution is -2.40. The average molecular weight is 280 g/mol. The van der Waals surface area contributed by atoms with E-state index in [9.17, 15) is 9.59 Å². The van der Waals surface area contributed by atoms with E-state index in [1.807, 2.05) is 19.9 Å². The van der Waals surface area contributed by atoms with Crippen molar-refractivity contribution in [3.05, 3.63) is 26.4 Å². The van der Waals surface area contributed by atoms with Gasteiger partial charge in [-0.1, -0.05) is 13.8 Å². The van der Waals surface area contributed by atoms with Gasteiger partial charge in [-0.2, -0.15) is 5.26 Å². The number of anilines is 1. The van der Waals surface area contributed by atoms with E-state index in [1.165, 1.54) is 18.7 Å². The molecule has 0 aliphatic carbocycles. The van der Waals surface area contributed by atoms with Crippen LogP contribution in [0, 0.1) is 16.7 Å². The number of aliphatic hydroxyl groups is 1. The van der Waals surface area contributed by atoms with Gasteiger partial charge in [-0.15, -0.1) is 0 Å². The Balaban J connectivity index is 3.24. The molecular formula is C13H20N4O3. The number of aromatic nitrogens is 2. The minimum atomic E-state index is -0.613. The van der Waals surface area contributed by atoms with Crippen molar-refractivity contribution in [2.45, 2.75) is 20.3 Å². The highest BCUT2D eigenvalue weighted by Crippen LogP contribution is 2.20. The van der Waals surface area contributed by atoms with Crippen molar-refractivity contribution in [1.82, 2.24) is 9.13 Å². The summed E-state index contributed by atoms with van der Waals surface area (Å²) in [6.45, 7) is 4.38. The van der Waals surface area contributed by atoms with Crippen molar-refractivity contribution < 1.29 is 5.11 Å². The molecule has 7 nitrogen and oxygen atoms in total. The zero-order valence-corrected chi connectivity index (χ0v) is 12.2. The molecule has 20 heavy (non-hydrogen) atoms. The van der Waals surface area contributed by atoms with Crippen molar-refractivity contribution >= 4 is 5.82 Å². The molecule has 1 aromatic heterocycles. The number of rotatable bonds is 5. The third-order valence-electron chi connectivity index (χ3n) is 3.30. The third-order valence-corrected chi connectivity index (χ3v) is 3.30. The molecule has 0 amide bonds. The highest BCUT2D eigenvalue weighted by molar-refractivity contribution is 5.51. The van der Waals surface area contributed by atoms with Gasteiger partial charge in [0.1, 0.15) is 11.9 Å². The topological polar surface area (TPSA) is 100 Å². The number of aliphatic hydroxyl groups excluding tert-OH is 1. The minimum absolute atomic E-state index is 0.0509. The lowest BCUT2D eigenvalue weighted by molar-refractivity contribution is 0.220. The zero-order valence-electron chi connectivity index (χ0n) is 12.2. The molecule has 0 fully saturated rings. The maximum Gasteiger partial charge on any atom is 0.332 e. The van der Waals surface area contributed by atoms with Crippen LogP contribution in [0.5, 0.6) is 0 Å². The molecule has 110 valence electrons. The smallest absolute Gasteiger partial charge is 0.332 e. The highest BCUT2D eigenvalue weighted by atomic mass is 16.3. The van der Waals surface area contributed by atoms with Crippen LogP contribution in [0.15, 0.2) is 9.59 Å². The molecular weight excluding hydrogens is 260 g/mol. The van der Waals surface area contributed by atoms with E-state index in [-0.39, 0.29) is 23.4 Å². The SMILES string of the molecule is Cn1c(NCC(C)(C)CCO)c(C#N)c(=O)n(C)c1=O. The summed E-state index contributed by atoms with van der Waals surface area (Å²) >= 11 is 0. The maximum atomic E-state index is 11.9. The molecule has 0 spiro atoms. The molecule has 0 bridgehead atoms. The zero-order chi connectivity index (χ0) is 15.5. The summed E-state index contributed by atoms with van der Waals surface area (Å²) in [4.78, 5) is 23.8. The largest absolute Gasteiger partial charge is 0.396 e. The van der Waals surface area contributed by atoms with Gasteiger partial charge >= 0.3 is 5.69 Å². The lowest BCUT2D eigenvalue weighted by Gasteiger charge is -2.25. The van der Waals surface area contributed by atoms with Crippen molar-refractivity contribution in [1.29, 1.82) is 5.26 Å². The fourth-order valence-corrected chi connectivity index (χ4v) is 1.87. The Morgan fingerprint density at radius 3 is 2.40 bits per heavy atom. The number of hydrogen-bond acceptors (Lipinski definition) is 5. The Morgan fingerprint density at radius 1 is 1.30 bits per heavy atom. The van der Waals surface area contributed by atoms with Gasteiger partial charge in [0.25, 0.3) is 5.56 Å². The van der Waals surface area contributed by atoms with Crippen LogP contribution < -0.4 is 16.6 Å². The molecule has 0 saturated heterocycles. The molecule has 0 saturated carbocycles. The van der Waals surface area contributed by atoms with Crippen LogP contribution >= 0.6 is 0 Å².